The number of hydrogen-bond acceptors (Lipinski definition) is 15. The molecule has 2 aromatic rings. The van der Waals surface area contributed by atoms with E-state index in [1.807, 2.05) is 32.0 Å². The lowest BCUT2D eigenvalue weighted by Crippen LogP contribution is -2.60. The Hall–Kier alpha value is -4.29. The number of methoxy groups -OCH3 is 1. The number of esters is 1. The van der Waals surface area contributed by atoms with E-state index in [0.717, 1.165) is 0 Å². The third kappa shape index (κ3) is 9.54. The molecular formula is C42H63N7O10. The van der Waals surface area contributed by atoms with Gasteiger partial charge in [-0.15, -0.1) is 5.10 Å². The van der Waals surface area contributed by atoms with Gasteiger partial charge in [-0.25, -0.2) is 14.5 Å². The molecule has 2 aromatic heterocycles. The monoisotopic (exact) mass is 825 g/mol. The number of allylic oxidation sites excluding steroid dienone is 1. The standard InChI is InChI=1S/C42H63N7O10/c1-12-31-42(8)36(49(40(54)59-42)19-14-13-18-48-22-29(45-46-48)28-16-15-17-32(43)44-28)25(4)33(50)23(2)21-41(7,55-11)37(26(5)34(51)27(6)38(53)57-31)58-39-35(52)30(47(9)10)20-24(3)56-39/h13-17,22-27,30-31,35-37,39,52H,12,18-21H2,1-11H3,(H2,43,44)/b14-13+/t23-,24?,25+,26+,27-,30?,31-,35?,36-,37-,39+,41-,42-/m1/s1. The summed E-state index contributed by atoms with van der Waals surface area (Å²) in [6.45, 7) is 14.2. The summed E-state index contributed by atoms with van der Waals surface area (Å²) < 4.78 is 32.7. The Labute approximate surface area is 346 Å². The van der Waals surface area contributed by atoms with Gasteiger partial charge in [-0.3, -0.25) is 19.3 Å². The van der Waals surface area contributed by atoms with Crippen molar-refractivity contribution in [2.45, 2.75) is 135 Å². The number of aromatic nitrogens is 4. The number of ether oxygens (including phenoxy) is 5. The molecule has 0 aromatic carbocycles. The minimum atomic E-state index is -1.46. The predicted molar refractivity (Wildman–Crippen MR) is 216 cm³/mol. The van der Waals surface area contributed by atoms with Crippen LogP contribution >= 0.6 is 0 Å². The molecule has 0 aliphatic carbocycles. The van der Waals surface area contributed by atoms with Crippen molar-refractivity contribution >= 4 is 29.4 Å². The lowest BCUT2D eigenvalue weighted by atomic mass is 9.73. The number of carbonyl (C=O) groups excluding carboxylic acids is 4. The van der Waals surface area contributed by atoms with Crippen LogP contribution in [-0.4, -0.2) is 140 Å². The number of hydrogen-bond donors (Lipinski definition) is 2. The number of likely N-dealkylation sites (N-methyl/N-ethyl adjacent to an activating group) is 1. The van der Waals surface area contributed by atoms with Gasteiger partial charge in [-0.05, 0) is 73.2 Å². The molecule has 3 saturated heterocycles. The molecule has 326 valence electrons. The molecule has 0 bridgehead atoms. The van der Waals surface area contributed by atoms with E-state index in [1.54, 1.807) is 76.7 Å². The van der Waals surface area contributed by atoms with Gasteiger partial charge in [0.25, 0.3) is 0 Å². The van der Waals surface area contributed by atoms with Gasteiger partial charge < -0.3 is 39.4 Å². The van der Waals surface area contributed by atoms with E-state index in [1.165, 1.54) is 18.9 Å². The van der Waals surface area contributed by atoms with E-state index in [0.29, 0.717) is 30.2 Å². The number of anilines is 1. The van der Waals surface area contributed by atoms with Crippen LogP contribution in [0.3, 0.4) is 0 Å². The maximum absolute atomic E-state index is 14.7. The molecule has 0 spiro atoms. The predicted octanol–water partition coefficient (Wildman–Crippen LogP) is 3.68. The molecule has 5 rings (SSSR count). The van der Waals surface area contributed by atoms with Crippen LogP contribution in [0.5, 0.6) is 0 Å². The summed E-state index contributed by atoms with van der Waals surface area (Å²) in [5, 5.41) is 19.8. The lowest BCUT2D eigenvalue weighted by molar-refractivity contribution is -0.295. The molecule has 5 heterocycles. The van der Waals surface area contributed by atoms with Crippen molar-refractivity contribution in [2.75, 3.05) is 33.5 Å². The number of ketones is 2. The van der Waals surface area contributed by atoms with Crippen LogP contribution in [0, 0.1) is 23.7 Å². The Bertz CT molecular complexity index is 1860. The number of aliphatic hydroxyl groups is 1. The van der Waals surface area contributed by atoms with Crippen LogP contribution in [0.4, 0.5) is 10.6 Å². The number of pyridine rings is 1. The van der Waals surface area contributed by atoms with Crippen LogP contribution in [0.15, 0.2) is 36.5 Å². The Balaban J connectivity index is 1.46. The summed E-state index contributed by atoms with van der Waals surface area (Å²) in [5.41, 5.74) is 4.21. The van der Waals surface area contributed by atoms with Gasteiger partial charge in [0.1, 0.15) is 35.4 Å². The Morgan fingerprint density at radius 2 is 1.71 bits per heavy atom. The van der Waals surface area contributed by atoms with Crippen molar-refractivity contribution in [1.82, 2.24) is 29.8 Å². The first-order chi connectivity index (χ1) is 27.8. The zero-order chi connectivity index (χ0) is 43.6. The van der Waals surface area contributed by atoms with Crippen molar-refractivity contribution in [3.63, 3.8) is 0 Å². The fourth-order valence-corrected chi connectivity index (χ4v) is 9.14. The molecule has 3 aliphatic rings. The molecule has 0 radical (unpaired) electrons. The van der Waals surface area contributed by atoms with Crippen LogP contribution in [0.1, 0.15) is 74.7 Å². The minimum Gasteiger partial charge on any atom is -0.458 e. The number of nitrogens with two attached hydrogens (primary N) is 1. The zero-order valence-electron chi connectivity index (χ0n) is 36.2. The summed E-state index contributed by atoms with van der Waals surface area (Å²) in [7, 11) is 5.21. The number of nitrogens with zero attached hydrogens (tertiary/aromatic N) is 6. The van der Waals surface area contributed by atoms with Gasteiger partial charge in [0, 0.05) is 37.5 Å². The highest BCUT2D eigenvalue weighted by Gasteiger charge is 2.60. The largest absolute Gasteiger partial charge is 0.458 e. The highest BCUT2D eigenvalue weighted by molar-refractivity contribution is 6.00. The lowest BCUT2D eigenvalue weighted by Gasteiger charge is -2.47. The van der Waals surface area contributed by atoms with Crippen LogP contribution < -0.4 is 5.73 Å². The van der Waals surface area contributed by atoms with Gasteiger partial charge in [0.2, 0.25) is 0 Å². The van der Waals surface area contributed by atoms with Crippen molar-refractivity contribution in [1.29, 1.82) is 0 Å². The van der Waals surface area contributed by atoms with E-state index in [-0.39, 0.29) is 37.3 Å². The number of fused-ring (bicyclic) bond motifs is 1. The van der Waals surface area contributed by atoms with E-state index >= 15 is 0 Å². The number of aliphatic hydroxyl groups excluding tert-OH is 1. The molecule has 3 fully saturated rings. The maximum atomic E-state index is 14.7. The highest BCUT2D eigenvalue weighted by Crippen LogP contribution is 2.43. The number of cyclic esters (lactones) is 1. The van der Waals surface area contributed by atoms with Gasteiger partial charge >= 0.3 is 12.1 Å². The smallest absolute Gasteiger partial charge is 0.411 e. The number of amides is 1. The van der Waals surface area contributed by atoms with Crippen molar-refractivity contribution in [3.05, 3.63) is 36.5 Å². The number of rotatable bonds is 10. The van der Waals surface area contributed by atoms with Gasteiger partial charge in [0.15, 0.2) is 17.7 Å². The normalized spacial score (nSPS) is 36.4. The molecule has 17 nitrogen and oxygen atoms in total. The number of nitrogen functional groups attached to an aromatic ring is 1. The minimum absolute atomic E-state index is 0.0714. The highest BCUT2D eigenvalue weighted by atomic mass is 16.7. The molecule has 1 amide bonds. The van der Waals surface area contributed by atoms with Crippen molar-refractivity contribution in [2.24, 2.45) is 23.7 Å². The summed E-state index contributed by atoms with van der Waals surface area (Å²) in [6, 6.07) is 4.09. The first kappa shape index (κ1) is 45.8. The quantitative estimate of drug-likeness (QED) is 0.199. The third-order valence-electron chi connectivity index (χ3n) is 12.5. The third-order valence-corrected chi connectivity index (χ3v) is 12.5. The molecule has 3 aliphatic heterocycles. The van der Waals surface area contributed by atoms with Crippen LogP contribution in [-0.2, 0) is 44.6 Å². The topological polar surface area (TPSA) is 211 Å². The molecular weight excluding hydrogens is 763 g/mol. The molecule has 0 saturated carbocycles. The Kier molecular flexibility index (Phi) is 14.4. The second-order valence-corrected chi connectivity index (χ2v) is 17.1. The molecule has 17 heteroatoms. The average molecular weight is 826 g/mol. The van der Waals surface area contributed by atoms with Crippen LogP contribution in [0.25, 0.3) is 11.4 Å². The summed E-state index contributed by atoms with van der Waals surface area (Å²) >= 11 is 0. The fourth-order valence-electron chi connectivity index (χ4n) is 9.14. The summed E-state index contributed by atoms with van der Waals surface area (Å²) in [5.74, 6) is -4.82. The van der Waals surface area contributed by atoms with E-state index in [2.05, 4.69) is 15.3 Å². The zero-order valence-corrected chi connectivity index (χ0v) is 36.2. The fraction of sp³-hybridized carbons (Fsp3) is 0.690. The second-order valence-electron chi connectivity index (χ2n) is 17.1. The first-order valence-corrected chi connectivity index (χ1v) is 20.5. The molecule has 3 N–H and O–H groups in total. The number of carbonyl (C=O) groups is 4. The van der Waals surface area contributed by atoms with Gasteiger partial charge in [0.05, 0.1) is 42.3 Å². The van der Waals surface area contributed by atoms with Crippen molar-refractivity contribution < 1.29 is 48.0 Å². The van der Waals surface area contributed by atoms with Crippen LogP contribution in [0.2, 0.25) is 0 Å². The average Bonchev–Trinajstić information content (AvgIpc) is 3.77. The van der Waals surface area contributed by atoms with Gasteiger partial charge in [-0.2, -0.15) is 0 Å². The summed E-state index contributed by atoms with van der Waals surface area (Å²) in [6.07, 6.45) is 1.01. The van der Waals surface area contributed by atoms with Crippen molar-refractivity contribution in [3.8, 4) is 11.4 Å². The van der Waals surface area contributed by atoms with Gasteiger partial charge in [-0.1, -0.05) is 51.1 Å². The first-order valence-electron chi connectivity index (χ1n) is 20.5. The van der Waals surface area contributed by atoms with E-state index in [4.69, 9.17) is 29.4 Å². The SMILES string of the molecule is CC[C@H]1OC(=O)[C@H](C)C(=O)[C@H](C)[C@@H](O[C@@H]2OC(C)CC(N(C)C)C2O)[C@](C)(OC)C[C@@H](C)C(=O)[C@H](C)[C@H]2N(C/C=C/Cn3cc(-c4cccc(N)n4)nn3)C(=O)O[C@]12C. The number of Topliss-reactive ketones (excluding diaryl/α,β-unsaturated/α-hetero) is 2. The van der Waals surface area contributed by atoms with E-state index in [9.17, 15) is 24.3 Å². The molecule has 3 unspecified atom stereocenters. The molecule has 13 atom stereocenters. The maximum Gasteiger partial charge on any atom is 0.411 e. The Morgan fingerprint density at radius 1 is 1.02 bits per heavy atom. The molecule has 59 heavy (non-hydrogen) atoms. The Morgan fingerprint density at radius 3 is 2.36 bits per heavy atom. The van der Waals surface area contributed by atoms with E-state index < -0.39 is 83.4 Å². The second kappa shape index (κ2) is 18.5. The summed E-state index contributed by atoms with van der Waals surface area (Å²) in [4.78, 5) is 64.5.